The molecule has 0 saturated heterocycles. The maximum atomic E-state index is 4.19. The van der Waals surface area contributed by atoms with E-state index in [1.54, 1.807) is 0 Å². The molecule has 1 rings (SSSR count). The summed E-state index contributed by atoms with van der Waals surface area (Å²) in [5.41, 5.74) is 3.63. The highest BCUT2D eigenvalue weighted by molar-refractivity contribution is 5.23. The van der Waals surface area contributed by atoms with Gasteiger partial charge in [0.2, 0.25) is 0 Å². The first-order valence-corrected chi connectivity index (χ1v) is 6.53. The quantitative estimate of drug-likeness (QED) is 0.664. The van der Waals surface area contributed by atoms with Crippen LogP contribution < -0.4 is 0 Å². The number of aryl methyl sites for hydroxylation is 2. The Balaban J connectivity index is 2.63. The van der Waals surface area contributed by atoms with Crippen molar-refractivity contribution < 1.29 is 0 Å². The van der Waals surface area contributed by atoms with Gasteiger partial charge in [-0.05, 0) is 36.5 Å². The van der Waals surface area contributed by atoms with Gasteiger partial charge in [-0.25, -0.2) is 0 Å². The van der Waals surface area contributed by atoms with E-state index in [-0.39, 0.29) is 0 Å². The van der Waals surface area contributed by atoms with Crippen LogP contribution in [-0.2, 0) is 19.3 Å². The van der Waals surface area contributed by atoms with Gasteiger partial charge in [-0.2, -0.15) is 0 Å². The number of unbranched alkanes of at least 4 members (excludes halogenated alkanes) is 3. The molecule has 1 aromatic heterocycles. The molecule has 0 fully saturated rings. The lowest BCUT2D eigenvalue weighted by Crippen LogP contribution is -2.07. The van der Waals surface area contributed by atoms with Crippen LogP contribution in [0.15, 0.2) is 0 Å². The van der Waals surface area contributed by atoms with Crippen molar-refractivity contribution in [3.05, 3.63) is 17.0 Å². The number of rotatable bonds is 7. The average Bonchev–Trinajstić information content (AvgIpc) is 2.34. The largest absolute Gasteiger partial charge is 0.135 e. The van der Waals surface area contributed by atoms with Gasteiger partial charge in [-0.1, -0.05) is 40.0 Å². The molecule has 16 heavy (non-hydrogen) atoms. The van der Waals surface area contributed by atoms with Gasteiger partial charge in [0.1, 0.15) is 0 Å². The maximum Gasteiger partial charge on any atom is 0.0699 e. The van der Waals surface area contributed by atoms with E-state index in [2.05, 4.69) is 36.2 Å². The summed E-state index contributed by atoms with van der Waals surface area (Å²) >= 11 is 0. The molecule has 3 heteroatoms. The molecule has 0 aliphatic heterocycles. The van der Waals surface area contributed by atoms with E-state index in [4.69, 9.17) is 0 Å². The molecule has 90 valence electrons. The van der Waals surface area contributed by atoms with Crippen LogP contribution in [0, 0.1) is 0 Å². The van der Waals surface area contributed by atoms with Crippen LogP contribution in [0.3, 0.4) is 0 Å². The first-order valence-electron chi connectivity index (χ1n) is 6.53. The highest BCUT2D eigenvalue weighted by Crippen LogP contribution is 2.14. The third-order valence-electron chi connectivity index (χ3n) is 2.98. The summed E-state index contributed by atoms with van der Waals surface area (Å²) in [7, 11) is 0. The van der Waals surface area contributed by atoms with E-state index in [0.717, 1.165) is 25.0 Å². The van der Waals surface area contributed by atoms with Gasteiger partial charge >= 0.3 is 0 Å². The van der Waals surface area contributed by atoms with Gasteiger partial charge in [0, 0.05) is 0 Å². The first-order chi connectivity index (χ1) is 7.83. The molecule has 0 bridgehead atoms. The molecule has 0 aliphatic carbocycles. The third kappa shape index (κ3) is 3.54. The minimum absolute atomic E-state index is 0.959. The second-order valence-corrected chi connectivity index (χ2v) is 4.18. The smallest absolute Gasteiger partial charge is 0.0699 e. The molecule has 1 aromatic rings. The molecular weight excluding hydrogens is 198 g/mol. The molecule has 0 amide bonds. The van der Waals surface area contributed by atoms with E-state index in [9.17, 15) is 0 Å². The Morgan fingerprint density at radius 3 is 2.19 bits per heavy atom. The van der Waals surface area contributed by atoms with Gasteiger partial charge in [-0.15, -0.1) is 10.2 Å². The summed E-state index contributed by atoms with van der Waals surface area (Å²) in [6.45, 7) is 6.54. The fourth-order valence-electron chi connectivity index (χ4n) is 2.03. The van der Waals surface area contributed by atoms with Crippen molar-refractivity contribution in [3.8, 4) is 0 Å². The summed E-state index contributed by atoms with van der Waals surface area (Å²) in [5.74, 6) is 0. The number of hydrogen-bond acceptors (Lipinski definition) is 3. The van der Waals surface area contributed by atoms with Gasteiger partial charge in [-0.3, -0.25) is 0 Å². The maximum absolute atomic E-state index is 4.19. The van der Waals surface area contributed by atoms with E-state index in [1.165, 1.54) is 36.9 Å². The van der Waals surface area contributed by atoms with Gasteiger partial charge in [0.15, 0.2) is 0 Å². The van der Waals surface area contributed by atoms with Crippen LogP contribution in [0.5, 0.6) is 0 Å². The molecule has 1 heterocycles. The minimum Gasteiger partial charge on any atom is -0.135 e. The predicted octanol–water partition coefficient (Wildman–Crippen LogP) is 3.12. The Kier molecular flexibility index (Phi) is 5.98. The summed E-state index contributed by atoms with van der Waals surface area (Å²) < 4.78 is 0. The highest BCUT2D eigenvalue weighted by atomic mass is 15.3. The Bertz CT molecular complexity index is 310. The Morgan fingerprint density at radius 2 is 1.56 bits per heavy atom. The van der Waals surface area contributed by atoms with Crippen molar-refractivity contribution in [2.24, 2.45) is 0 Å². The van der Waals surface area contributed by atoms with E-state index >= 15 is 0 Å². The molecule has 3 nitrogen and oxygen atoms in total. The molecule has 0 radical (unpaired) electrons. The van der Waals surface area contributed by atoms with E-state index in [1.807, 2.05) is 0 Å². The molecule has 0 N–H and O–H groups in total. The van der Waals surface area contributed by atoms with Crippen LogP contribution in [0.2, 0.25) is 0 Å². The van der Waals surface area contributed by atoms with Crippen molar-refractivity contribution in [1.29, 1.82) is 0 Å². The SMILES string of the molecule is CCCCCCc1nnnc(CC)c1CC. The summed E-state index contributed by atoms with van der Waals surface area (Å²) in [6.07, 6.45) is 8.17. The lowest BCUT2D eigenvalue weighted by molar-refractivity contribution is 0.640. The van der Waals surface area contributed by atoms with Crippen molar-refractivity contribution in [2.45, 2.75) is 65.7 Å². The van der Waals surface area contributed by atoms with Crippen molar-refractivity contribution in [2.75, 3.05) is 0 Å². The number of nitrogens with zero attached hydrogens (tertiary/aromatic N) is 3. The summed E-state index contributed by atoms with van der Waals surface area (Å²) in [6, 6.07) is 0. The van der Waals surface area contributed by atoms with Crippen LogP contribution in [0.1, 0.15) is 63.4 Å². The fraction of sp³-hybridized carbons (Fsp3) is 0.769. The fourth-order valence-corrected chi connectivity index (χ4v) is 2.03. The van der Waals surface area contributed by atoms with Crippen molar-refractivity contribution in [1.82, 2.24) is 15.4 Å². The molecule has 0 unspecified atom stereocenters. The van der Waals surface area contributed by atoms with E-state index in [0.29, 0.717) is 0 Å². The molecule has 0 aromatic carbocycles. The van der Waals surface area contributed by atoms with Crippen LogP contribution in [-0.4, -0.2) is 15.4 Å². The zero-order valence-corrected chi connectivity index (χ0v) is 10.8. The summed E-state index contributed by atoms with van der Waals surface area (Å²) in [5, 5.41) is 12.2. The highest BCUT2D eigenvalue weighted by Gasteiger charge is 2.08. The van der Waals surface area contributed by atoms with E-state index < -0.39 is 0 Å². The number of hydrogen-bond donors (Lipinski definition) is 0. The van der Waals surface area contributed by atoms with Gasteiger partial charge in [0.05, 0.1) is 11.4 Å². The molecular formula is C13H23N3. The standard InChI is InChI=1S/C13H23N3/c1-4-7-8-9-10-13-11(5-2)12(6-3)14-16-15-13/h4-10H2,1-3H3. The lowest BCUT2D eigenvalue weighted by atomic mass is 10.0. The predicted molar refractivity (Wildman–Crippen MR) is 66.4 cm³/mol. The van der Waals surface area contributed by atoms with Crippen molar-refractivity contribution >= 4 is 0 Å². The van der Waals surface area contributed by atoms with Gasteiger partial charge < -0.3 is 0 Å². The molecule has 0 aliphatic rings. The minimum atomic E-state index is 0.959. The zero-order valence-electron chi connectivity index (χ0n) is 10.8. The molecule has 0 saturated carbocycles. The molecule has 0 spiro atoms. The first kappa shape index (κ1) is 13.1. The lowest BCUT2D eigenvalue weighted by Gasteiger charge is -2.08. The number of aromatic nitrogens is 3. The van der Waals surface area contributed by atoms with Crippen LogP contribution >= 0.6 is 0 Å². The average molecular weight is 221 g/mol. The zero-order chi connectivity index (χ0) is 11.8. The Morgan fingerprint density at radius 1 is 0.812 bits per heavy atom. The Labute approximate surface area is 98.7 Å². The molecule has 0 atom stereocenters. The normalized spacial score (nSPS) is 10.7. The van der Waals surface area contributed by atoms with Crippen LogP contribution in [0.25, 0.3) is 0 Å². The topological polar surface area (TPSA) is 38.7 Å². The monoisotopic (exact) mass is 221 g/mol. The van der Waals surface area contributed by atoms with Gasteiger partial charge in [0.25, 0.3) is 0 Å². The summed E-state index contributed by atoms with van der Waals surface area (Å²) in [4.78, 5) is 0. The van der Waals surface area contributed by atoms with Crippen LogP contribution in [0.4, 0.5) is 0 Å². The third-order valence-corrected chi connectivity index (χ3v) is 2.98. The Hall–Kier alpha value is -0.990. The van der Waals surface area contributed by atoms with Crippen molar-refractivity contribution in [3.63, 3.8) is 0 Å². The second-order valence-electron chi connectivity index (χ2n) is 4.18. The second kappa shape index (κ2) is 7.31.